The maximum absolute atomic E-state index is 9.48. The molecule has 0 aliphatic carbocycles. The van der Waals surface area contributed by atoms with Crippen molar-refractivity contribution in [1.29, 1.82) is 0 Å². The van der Waals surface area contributed by atoms with E-state index in [0.29, 0.717) is 5.15 Å². The van der Waals surface area contributed by atoms with Crippen molar-refractivity contribution in [2.24, 2.45) is 0 Å². The van der Waals surface area contributed by atoms with Crippen molar-refractivity contribution in [3.63, 3.8) is 0 Å². The lowest BCUT2D eigenvalue weighted by Gasteiger charge is -2.29. The maximum Gasteiger partial charge on any atom is 0.195 e. The average Bonchev–Trinajstić information content (AvgIpc) is 3.02. The van der Waals surface area contributed by atoms with Crippen LogP contribution in [0, 0.1) is 0 Å². The average molecular weight is 329 g/mol. The molecule has 1 aliphatic rings. The number of rotatable bonds is 6. The van der Waals surface area contributed by atoms with Crippen molar-refractivity contribution < 1.29 is 5.11 Å². The molecule has 0 bridgehead atoms. The third kappa shape index (κ3) is 3.76. The first-order valence-corrected chi connectivity index (χ1v) is 8.71. The second-order valence-electron chi connectivity index (χ2n) is 5.51. The molecule has 116 valence electrons. The fraction of sp³-hybridized carbons (Fsp3) is 0.643. The molecule has 7 heteroatoms. The van der Waals surface area contributed by atoms with Crippen LogP contribution in [0.4, 0.5) is 0 Å². The largest absolute Gasteiger partial charge is 0.393 e. The summed E-state index contributed by atoms with van der Waals surface area (Å²) in [5.41, 5.74) is 1.04. The SMILES string of the molecule is OC1CCN(CCCNCc2c(Cl)nc3sccn23)CC1. The van der Waals surface area contributed by atoms with Crippen LogP contribution < -0.4 is 5.32 Å². The Balaban J connectivity index is 1.38. The molecule has 0 aromatic carbocycles. The zero-order chi connectivity index (χ0) is 14.7. The van der Waals surface area contributed by atoms with Gasteiger partial charge in [-0.3, -0.25) is 4.40 Å². The Hall–Kier alpha value is -0.660. The highest BCUT2D eigenvalue weighted by Crippen LogP contribution is 2.20. The predicted molar refractivity (Wildman–Crippen MR) is 86.1 cm³/mol. The standard InChI is InChI=1S/C14H21ClN4OS/c15-13-12(19-8-9-21-14(19)17-13)10-16-4-1-5-18-6-2-11(20)3-7-18/h8-9,11,16,20H,1-7,10H2. The van der Waals surface area contributed by atoms with Crippen LogP contribution in [0.3, 0.4) is 0 Å². The first-order valence-electron chi connectivity index (χ1n) is 7.45. The minimum absolute atomic E-state index is 0.0867. The molecule has 1 fully saturated rings. The van der Waals surface area contributed by atoms with E-state index in [9.17, 15) is 5.11 Å². The lowest BCUT2D eigenvalue weighted by Crippen LogP contribution is -2.37. The summed E-state index contributed by atoms with van der Waals surface area (Å²) in [5.74, 6) is 0. The van der Waals surface area contributed by atoms with Crippen molar-refractivity contribution in [2.45, 2.75) is 31.9 Å². The normalized spacial score (nSPS) is 17.8. The molecule has 3 heterocycles. The van der Waals surface area contributed by atoms with Gasteiger partial charge in [-0.2, -0.15) is 0 Å². The summed E-state index contributed by atoms with van der Waals surface area (Å²) >= 11 is 7.76. The number of nitrogens with one attached hydrogen (secondary N) is 1. The van der Waals surface area contributed by atoms with Crippen molar-refractivity contribution >= 4 is 27.9 Å². The third-order valence-corrected chi connectivity index (χ3v) is 5.05. The number of aromatic nitrogens is 2. The Bertz CT molecular complexity index is 577. The minimum atomic E-state index is -0.0867. The van der Waals surface area contributed by atoms with E-state index < -0.39 is 0 Å². The van der Waals surface area contributed by atoms with Crippen LogP contribution in [-0.4, -0.2) is 51.7 Å². The number of nitrogens with zero attached hydrogens (tertiary/aromatic N) is 3. The molecular weight excluding hydrogens is 308 g/mol. The van der Waals surface area contributed by atoms with E-state index in [4.69, 9.17) is 11.6 Å². The Kier molecular flexibility index (Phi) is 5.13. The van der Waals surface area contributed by atoms with Crippen molar-refractivity contribution in [2.75, 3.05) is 26.2 Å². The first-order chi connectivity index (χ1) is 10.2. The number of imidazole rings is 1. The molecule has 0 unspecified atom stereocenters. The Morgan fingerprint density at radius 1 is 1.43 bits per heavy atom. The molecule has 5 nitrogen and oxygen atoms in total. The maximum atomic E-state index is 9.48. The summed E-state index contributed by atoms with van der Waals surface area (Å²) in [6.07, 6.45) is 4.86. The molecule has 0 atom stereocenters. The molecular formula is C14H21ClN4OS. The van der Waals surface area contributed by atoms with Crippen LogP contribution in [0.2, 0.25) is 5.15 Å². The molecule has 2 N–H and O–H groups in total. The summed E-state index contributed by atoms with van der Waals surface area (Å²) in [6.45, 7) is 4.84. The molecule has 1 saturated heterocycles. The van der Waals surface area contributed by atoms with Crippen molar-refractivity contribution in [1.82, 2.24) is 19.6 Å². The molecule has 2 aromatic heterocycles. The van der Waals surface area contributed by atoms with Crippen molar-refractivity contribution in [3.8, 4) is 0 Å². The molecule has 0 radical (unpaired) electrons. The van der Waals surface area contributed by atoms with Gasteiger partial charge in [0.25, 0.3) is 0 Å². The van der Waals surface area contributed by atoms with Gasteiger partial charge in [-0.25, -0.2) is 4.98 Å². The Labute approximate surface area is 133 Å². The van der Waals surface area contributed by atoms with Crippen LogP contribution in [0.5, 0.6) is 0 Å². The van der Waals surface area contributed by atoms with E-state index in [1.54, 1.807) is 11.3 Å². The molecule has 21 heavy (non-hydrogen) atoms. The van der Waals surface area contributed by atoms with E-state index in [2.05, 4.69) is 15.2 Å². The van der Waals surface area contributed by atoms with Crippen LogP contribution in [0.15, 0.2) is 11.6 Å². The summed E-state index contributed by atoms with van der Waals surface area (Å²) < 4.78 is 2.05. The fourth-order valence-corrected chi connectivity index (χ4v) is 3.76. The predicted octanol–water partition coefficient (Wildman–Crippen LogP) is 1.99. The van der Waals surface area contributed by atoms with E-state index >= 15 is 0 Å². The Morgan fingerprint density at radius 3 is 3.05 bits per heavy atom. The summed E-state index contributed by atoms with van der Waals surface area (Å²) in [6, 6.07) is 0. The number of likely N-dealkylation sites (tertiary alicyclic amines) is 1. The van der Waals surface area contributed by atoms with Gasteiger partial charge < -0.3 is 15.3 Å². The monoisotopic (exact) mass is 328 g/mol. The summed E-state index contributed by atoms with van der Waals surface area (Å²) in [4.78, 5) is 7.70. The van der Waals surface area contributed by atoms with Gasteiger partial charge in [0.1, 0.15) is 0 Å². The number of aliphatic hydroxyl groups excluding tert-OH is 1. The molecule has 0 amide bonds. The number of hydrogen-bond donors (Lipinski definition) is 2. The van der Waals surface area contributed by atoms with Gasteiger partial charge in [-0.15, -0.1) is 11.3 Å². The van der Waals surface area contributed by atoms with Crippen LogP contribution in [-0.2, 0) is 6.54 Å². The molecule has 0 saturated carbocycles. The molecule has 1 aliphatic heterocycles. The van der Waals surface area contributed by atoms with Gasteiger partial charge in [0.15, 0.2) is 10.1 Å². The molecule has 0 spiro atoms. The number of hydrogen-bond acceptors (Lipinski definition) is 5. The fourth-order valence-electron chi connectivity index (χ4n) is 2.74. The molecule has 2 aromatic rings. The third-order valence-electron chi connectivity index (χ3n) is 3.99. The zero-order valence-corrected chi connectivity index (χ0v) is 13.5. The van der Waals surface area contributed by atoms with Crippen LogP contribution in [0.25, 0.3) is 4.96 Å². The van der Waals surface area contributed by atoms with Gasteiger partial charge in [0.2, 0.25) is 0 Å². The van der Waals surface area contributed by atoms with Gasteiger partial charge in [-0.1, -0.05) is 11.6 Å². The lowest BCUT2D eigenvalue weighted by atomic mass is 10.1. The van der Waals surface area contributed by atoms with Gasteiger partial charge in [0, 0.05) is 31.2 Å². The number of piperidine rings is 1. The second kappa shape index (κ2) is 7.07. The van der Waals surface area contributed by atoms with E-state index in [1.807, 2.05) is 16.0 Å². The Morgan fingerprint density at radius 2 is 2.24 bits per heavy atom. The van der Waals surface area contributed by atoms with Crippen LogP contribution in [0.1, 0.15) is 25.0 Å². The summed E-state index contributed by atoms with van der Waals surface area (Å²) in [7, 11) is 0. The summed E-state index contributed by atoms with van der Waals surface area (Å²) in [5, 5.41) is 15.5. The number of halogens is 1. The minimum Gasteiger partial charge on any atom is -0.393 e. The van der Waals surface area contributed by atoms with E-state index in [-0.39, 0.29) is 6.10 Å². The highest BCUT2D eigenvalue weighted by atomic mass is 35.5. The van der Waals surface area contributed by atoms with Crippen molar-refractivity contribution in [3.05, 3.63) is 22.4 Å². The zero-order valence-electron chi connectivity index (χ0n) is 12.0. The highest BCUT2D eigenvalue weighted by molar-refractivity contribution is 7.15. The first kappa shape index (κ1) is 15.2. The lowest BCUT2D eigenvalue weighted by molar-refractivity contribution is 0.0821. The topological polar surface area (TPSA) is 52.8 Å². The van der Waals surface area contributed by atoms with Gasteiger partial charge in [-0.05, 0) is 32.4 Å². The highest BCUT2D eigenvalue weighted by Gasteiger charge is 2.16. The number of aliphatic hydroxyl groups is 1. The molecule has 3 rings (SSSR count). The number of thiazole rings is 1. The quantitative estimate of drug-likeness (QED) is 0.796. The number of fused-ring (bicyclic) bond motifs is 1. The van der Waals surface area contributed by atoms with E-state index in [0.717, 1.165) is 62.6 Å². The van der Waals surface area contributed by atoms with Gasteiger partial charge >= 0.3 is 0 Å². The van der Waals surface area contributed by atoms with Crippen LogP contribution >= 0.6 is 22.9 Å². The van der Waals surface area contributed by atoms with E-state index in [1.165, 1.54) is 0 Å². The smallest absolute Gasteiger partial charge is 0.195 e. The second-order valence-corrected chi connectivity index (χ2v) is 6.74. The van der Waals surface area contributed by atoms with Gasteiger partial charge in [0.05, 0.1) is 11.8 Å².